The summed E-state index contributed by atoms with van der Waals surface area (Å²) in [5.74, 6) is 1.19. The first-order valence-electron chi connectivity index (χ1n) is 8.14. The predicted octanol–water partition coefficient (Wildman–Crippen LogP) is 3.52. The third-order valence-electron chi connectivity index (χ3n) is 4.33. The number of carbonyl (C=O) groups excluding carboxylic acids is 1. The molecule has 5 rings (SSSR count). The van der Waals surface area contributed by atoms with E-state index < -0.39 is 0 Å². The summed E-state index contributed by atoms with van der Waals surface area (Å²) >= 11 is 0. The van der Waals surface area contributed by atoms with Gasteiger partial charge in [-0.05, 0) is 36.4 Å². The number of benzene rings is 2. The molecule has 3 heterocycles. The molecule has 0 saturated carbocycles. The Morgan fingerprint density at radius 1 is 1.00 bits per heavy atom. The Hall–Kier alpha value is -3.67. The zero-order valence-electron chi connectivity index (χ0n) is 13.6. The summed E-state index contributed by atoms with van der Waals surface area (Å²) in [5, 5.41) is 4.85. The van der Waals surface area contributed by atoms with Gasteiger partial charge in [-0.3, -0.25) is 4.79 Å². The first kappa shape index (κ1) is 14.7. The Balaban J connectivity index is 1.71. The van der Waals surface area contributed by atoms with E-state index in [2.05, 4.69) is 5.10 Å². The van der Waals surface area contributed by atoms with Crippen molar-refractivity contribution in [2.75, 3.05) is 6.79 Å². The van der Waals surface area contributed by atoms with Crippen LogP contribution in [0, 0.1) is 0 Å². The molecule has 1 aliphatic rings. The first-order valence-corrected chi connectivity index (χ1v) is 8.14. The molecule has 0 atom stereocenters. The quantitative estimate of drug-likeness (QED) is 0.557. The normalized spacial score (nSPS) is 12.5. The average molecular weight is 343 g/mol. The molecule has 4 aromatic rings. The first-order chi connectivity index (χ1) is 12.8. The van der Waals surface area contributed by atoms with Gasteiger partial charge in [0, 0.05) is 23.3 Å². The van der Waals surface area contributed by atoms with Crippen LogP contribution in [0.25, 0.3) is 22.2 Å². The summed E-state index contributed by atoms with van der Waals surface area (Å²) < 4.78 is 12.1. The minimum atomic E-state index is -0.199. The van der Waals surface area contributed by atoms with E-state index in [1.54, 1.807) is 24.5 Å². The van der Waals surface area contributed by atoms with Gasteiger partial charge in [0.15, 0.2) is 11.5 Å². The van der Waals surface area contributed by atoms with Crippen molar-refractivity contribution >= 4 is 16.8 Å². The highest BCUT2D eigenvalue weighted by Gasteiger charge is 2.18. The number of hydrogen-bond donors (Lipinski definition) is 0. The summed E-state index contributed by atoms with van der Waals surface area (Å²) in [5.41, 5.74) is 2.84. The zero-order valence-corrected chi connectivity index (χ0v) is 13.6. The molecule has 0 amide bonds. The van der Waals surface area contributed by atoms with E-state index >= 15 is 0 Å². The lowest BCUT2D eigenvalue weighted by atomic mass is 10.0. The second-order valence-electron chi connectivity index (χ2n) is 5.90. The number of rotatable bonds is 2. The Morgan fingerprint density at radius 3 is 2.77 bits per heavy atom. The van der Waals surface area contributed by atoms with E-state index in [9.17, 15) is 4.79 Å². The maximum Gasteiger partial charge on any atom is 0.278 e. The molecule has 6 heteroatoms. The van der Waals surface area contributed by atoms with Gasteiger partial charge in [0.2, 0.25) is 6.79 Å². The predicted molar refractivity (Wildman–Crippen MR) is 95.3 cm³/mol. The molecule has 1 aliphatic heterocycles. The molecule has 0 radical (unpaired) electrons. The van der Waals surface area contributed by atoms with Crippen LogP contribution in [0.15, 0.2) is 67.0 Å². The van der Waals surface area contributed by atoms with E-state index in [1.165, 1.54) is 4.68 Å². The van der Waals surface area contributed by atoms with Crippen molar-refractivity contribution in [2.24, 2.45) is 0 Å². The Morgan fingerprint density at radius 2 is 1.88 bits per heavy atom. The summed E-state index contributed by atoms with van der Waals surface area (Å²) in [7, 11) is 0. The molecule has 26 heavy (non-hydrogen) atoms. The van der Waals surface area contributed by atoms with E-state index in [1.807, 2.05) is 42.5 Å². The number of para-hydroxylation sites is 1. The number of pyridine rings is 1. The van der Waals surface area contributed by atoms with Gasteiger partial charge in [-0.1, -0.05) is 18.2 Å². The van der Waals surface area contributed by atoms with Crippen LogP contribution in [-0.2, 0) is 0 Å². The van der Waals surface area contributed by atoms with Crippen LogP contribution >= 0.6 is 0 Å². The highest BCUT2D eigenvalue weighted by atomic mass is 16.7. The molecular formula is C20H13N3O3. The monoisotopic (exact) mass is 343 g/mol. The summed E-state index contributed by atoms with van der Waals surface area (Å²) in [4.78, 5) is 17.6. The van der Waals surface area contributed by atoms with Gasteiger partial charge in [0.25, 0.3) is 5.91 Å². The maximum atomic E-state index is 12.9. The van der Waals surface area contributed by atoms with Crippen molar-refractivity contribution < 1.29 is 14.3 Å². The molecule has 2 aromatic heterocycles. The van der Waals surface area contributed by atoms with Gasteiger partial charge in [0.1, 0.15) is 0 Å². The molecule has 0 spiro atoms. The zero-order chi connectivity index (χ0) is 17.5. The van der Waals surface area contributed by atoms with E-state index in [4.69, 9.17) is 14.5 Å². The lowest BCUT2D eigenvalue weighted by molar-refractivity contribution is 0.0946. The second kappa shape index (κ2) is 5.70. The van der Waals surface area contributed by atoms with Crippen molar-refractivity contribution in [3.63, 3.8) is 0 Å². The maximum absolute atomic E-state index is 12.9. The highest BCUT2D eigenvalue weighted by molar-refractivity contribution is 6.07. The van der Waals surface area contributed by atoms with Gasteiger partial charge in [-0.25, -0.2) is 9.67 Å². The Labute approximate surface area is 148 Å². The van der Waals surface area contributed by atoms with Crippen LogP contribution in [0.4, 0.5) is 0 Å². The number of aromatic nitrogens is 3. The van der Waals surface area contributed by atoms with Crippen LogP contribution < -0.4 is 9.47 Å². The average Bonchev–Trinajstić information content (AvgIpc) is 3.37. The number of carbonyl (C=O) groups is 1. The fourth-order valence-corrected chi connectivity index (χ4v) is 3.07. The molecule has 0 bridgehead atoms. The number of nitrogens with zero attached hydrogens (tertiary/aromatic N) is 3. The SMILES string of the molecule is O=C(c1cc(-c2ccc3c(c2)OCO3)nc2ccccc12)n1cccn1. The molecule has 2 aromatic carbocycles. The van der Waals surface area contributed by atoms with Crippen LogP contribution in [0.2, 0.25) is 0 Å². The lowest BCUT2D eigenvalue weighted by Crippen LogP contribution is -2.13. The Bertz CT molecular complexity index is 1140. The van der Waals surface area contributed by atoms with E-state index in [0.717, 1.165) is 16.5 Å². The van der Waals surface area contributed by atoms with Crippen LogP contribution in [0.3, 0.4) is 0 Å². The van der Waals surface area contributed by atoms with Crippen LogP contribution in [0.5, 0.6) is 11.5 Å². The second-order valence-corrected chi connectivity index (χ2v) is 5.90. The molecule has 0 aliphatic carbocycles. The highest BCUT2D eigenvalue weighted by Crippen LogP contribution is 2.36. The van der Waals surface area contributed by atoms with Crippen molar-refractivity contribution in [1.82, 2.24) is 14.8 Å². The van der Waals surface area contributed by atoms with Gasteiger partial charge in [0.05, 0.1) is 16.8 Å². The van der Waals surface area contributed by atoms with Crippen molar-refractivity contribution in [1.29, 1.82) is 0 Å². The van der Waals surface area contributed by atoms with Crippen molar-refractivity contribution in [2.45, 2.75) is 0 Å². The van der Waals surface area contributed by atoms with Gasteiger partial charge in [-0.2, -0.15) is 5.10 Å². The topological polar surface area (TPSA) is 66.2 Å². The fourth-order valence-electron chi connectivity index (χ4n) is 3.07. The molecule has 0 fully saturated rings. The summed E-state index contributed by atoms with van der Waals surface area (Å²) in [6.45, 7) is 0.215. The number of hydrogen-bond acceptors (Lipinski definition) is 5. The molecule has 0 N–H and O–H groups in total. The Kier molecular flexibility index (Phi) is 3.21. The smallest absolute Gasteiger partial charge is 0.278 e. The van der Waals surface area contributed by atoms with Crippen LogP contribution in [-0.4, -0.2) is 27.5 Å². The third kappa shape index (κ3) is 2.31. The minimum Gasteiger partial charge on any atom is -0.454 e. The number of ether oxygens (including phenoxy) is 2. The standard InChI is InChI=1S/C20H13N3O3/c24-20(23-9-3-8-21-23)15-11-17(22-16-5-2-1-4-14(15)16)13-6-7-18-19(10-13)26-12-25-18/h1-11H,12H2. The molecule has 0 unspecified atom stereocenters. The van der Waals surface area contributed by atoms with E-state index in [0.29, 0.717) is 22.8 Å². The van der Waals surface area contributed by atoms with Crippen molar-refractivity contribution in [3.05, 3.63) is 72.6 Å². The largest absolute Gasteiger partial charge is 0.454 e. The van der Waals surface area contributed by atoms with Gasteiger partial charge in [-0.15, -0.1) is 0 Å². The van der Waals surface area contributed by atoms with Gasteiger partial charge >= 0.3 is 0 Å². The summed E-state index contributed by atoms with van der Waals surface area (Å²) in [6, 6.07) is 16.7. The summed E-state index contributed by atoms with van der Waals surface area (Å²) in [6.07, 6.45) is 3.22. The molecule has 6 nitrogen and oxygen atoms in total. The van der Waals surface area contributed by atoms with E-state index in [-0.39, 0.29) is 12.7 Å². The molecular weight excluding hydrogens is 330 g/mol. The minimum absolute atomic E-state index is 0.199. The van der Waals surface area contributed by atoms with Gasteiger partial charge < -0.3 is 9.47 Å². The molecule has 0 saturated heterocycles. The fraction of sp³-hybridized carbons (Fsp3) is 0.0500. The van der Waals surface area contributed by atoms with Crippen molar-refractivity contribution in [3.8, 4) is 22.8 Å². The molecule has 126 valence electrons. The van der Waals surface area contributed by atoms with Crippen LogP contribution in [0.1, 0.15) is 10.4 Å². The third-order valence-corrected chi connectivity index (χ3v) is 4.33. The lowest BCUT2D eigenvalue weighted by Gasteiger charge is -2.10. The number of fused-ring (bicyclic) bond motifs is 2.